The summed E-state index contributed by atoms with van der Waals surface area (Å²) in [5, 5.41) is 10.3. The molecular formula is C28H20O7. The molecule has 0 saturated carbocycles. The molecule has 7 nitrogen and oxygen atoms in total. The molecule has 0 amide bonds. The molecule has 0 atom stereocenters. The molecule has 5 rings (SSSR count). The maximum atomic E-state index is 13.2. The first kappa shape index (κ1) is 22.3. The maximum Gasteiger partial charge on any atom is 0.311 e. The molecule has 1 aliphatic carbocycles. The van der Waals surface area contributed by atoms with E-state index in [-0.39, 0.29) is 24.2 Å². The number of carbonyl (C=O) groups is 4. The first-order valence-corrected chi connectivity index (χ1v) is 11.0. The lowest BCUT2D eigenvalue weighted by atomic mass is 9.83. The van der Waals surface area contributed by atoms with Gasteiger partial charge in [0.25, 0.3) is 0 Å². The molecule has 0 saturated heterocycles. The summed E-state index contributed by atoms with van der Waals surface area (Å²) in [5.41, 5.74) is 3.40. The summed E-state index contributed by atoms with van der Waals surface area (Å²) < 4.78 is 11.4. The predicted molar refractivity (Wildman–Crippen MR) is 128 cm³/mol. The van der Waals surface area contributed by atoms with Gasteiger partial charge in [-0.05, 0) is 60.5 Å². The highest BCUT2D eigenvalue weighted by Gasteiger charge is 2.37. The van der Waals surface area contributed by atoms with Gasteiger partial charge in [-0.3, -0.25) is 19.2 Å². The molecule has 0 aliphatic heterocycles. The third-order valence-electron chi connectivity index (χ3n) is 6.22. The van der Waals surface area contributed by atoms with Crippen molar-refractivity contribution < 1.29 is 33.4 Å². The molecule has 0 radical (unpaired) electrons. The average molecular weight is 468 g/mol. The van der Waals surface area contributed by atoms with E-state index < -0.39 is 23.5 Å². The summed E-state index contributed by atoms with van der Waals surface area (Å²) in [4.78, 5) is 48.7. The minimum Gasteiger partial charge on any atom is -0.481 e. The van der Waals surface area contributed by atoms with Gasteiger partial charge in [0.05, 0.1) is 18.4 Å². The van der Waals surface area contributed by atoms with E-state index in [9.17, 15) is 19.2 Å². The van der Waals surface area contributed by atoms with Crippen LogP contribution in [0.25, 0.3) is 33.4 Å². The van der Waals surface area contributed by atoms with E-state index in [1.54, 1.807) is 31.2 Å². The molecule has 7 heteroatoms. The van der Waals surface area contributed by atoms with Gasteiger partial charge in [-0.25, -0.2) is 0 Å². The van der Waals surface area contributed by atoms with Crippen LogP contribution in [-0.2, 0) is 9.59 Å². The zero-order chi connectivity index (χ0) is 24.9. The Hall–Kier alpha value is -4.52. The number of rotatable bonds is 5. The molecule has 0 fully saturated rings. The predicted octanol–water partition coefficient (Wildman–Crippen LogP) is 5.53. The highest BCUT2D eigenvalue weighted by Crippen LogP contribution is 2.44. The van der Waals surface area contributed by atoms with Gasteiger partial charge < -0.3 is 14.3 Å². The number of ketones is 2. The van der Waals surface area contributed by atoms with Gasteiger partial charge >= 0.3 is 11.9 Å². The molecule has 0 spiro atoms. The van der Waals surface area contributed by atoms with Crippen LogP contribution in [0.5, 0.6) is 5.75 Å². The number of hydrogen-bond acceptors (Lipinski definition) is 6. The second kappa shape index (κ2) is 8.36. The largest absolute Gasteiger partial charge is 0.481 e. The molecule has 1 N–H and O–H groups in total. The Bertz CT molecular complexity index is 1550. The Kier molecular flexibility index (Phi) is 5.32. The lowest BCUT2D eigenvalue weighted by Crippen LogP contribution is -2.21. The van der Waals surface area contributed by atoms with Crippen molar-refractivity contribution in [3.8, 4) is 28.4 Å². The van der Waals surface area contributed by atoms with Crippen molar-refractivity contribution in [3.05, 3.63) is 76.9 Å². The minimum atomic E-state index is -1.08. The lowest BCUT2D eigenvalue weighted by molar-refractivity contribution is -0.142. The summed E-state index contributed by atoms with van der Waals surface area (Å²) in [6.45, 7) is 3.69. The molecule has 35 heavy (non-hydrogen) atoms. The molecule has 1 heterocycles. The van der Waals surface area contributed by atoms with Crippen molar-refractivity contribution >= 4 is 34.3 Å². The van der Waals surface area contributed by atoms with Gasteiger partial charge in [-0.1, -0.05) is 24.3 Å². The third-order valence-corrected chi connectivity index (χ3v) is 6.22. The Labute approximate surface area is 199 Å². The summed E-state index contributed by atoms with van der Waals surface area (Å²) in [7, 11) is 0. The van der Waals surface area contributed by atoms with Crippen LogP contribution in [0.3, 0.4) is 0 Å². The molecule has 174 valence electrons. The number of aryl methyl sites for hydroxylation is 1. The summed E-state index contributed by atoms with van der Waals surface area (Å²) in [6.07, 6.45) is -0.540. The molecule has 0 unspecified atom stereocenters. The fourth-order valence-corrected chi connectivity index (χ4v) is 4.49. The SMILES string of the molecule is Cc1c(-c2ccc(OC(=O)CCC(=O)O)cc2)oc2c1C(=O)C(=O)c1c-2ccc2c(C)cccc12. The Morgan fingerprint density at radius 2 is 1.54 bits per heavy atom. The molecule has 1 aromatic heterocycles. The molecule has 0 bridgehead atoms. The number of carboxylic acid groups (broad SMARTS) is 1. The van der Waals surface area contributed by atoms with E-state index in [1.165, 1.54) is 0 Å². The van der Waals surface area contributed by atoms with Gasteiger partial charge in [0, 0.05) is 22.3 Å². The van der Waals surface area contributed by atoms with Crippen molar-refractivity contribution in [1.29, 1.82) is 0 Å². The smallest absolute Gasteiger partial charge is 0.311 e. The number of hydrogen-bond donors (Lipinski definition) is 1. The third kappa shape index (κ3) is 3.71. The topological polar surface area (TPSA) is 111 Å². The quantitative estimate of drug-likeness (QED) is 0.233. The van der Waals surface area contributed by atoms with E-state index in [0.717, 1.165) is 16.3 Å². The molecular weight excluding hydrogens is 448 g/mol. The van der Waals surface area contributed by atoms with Crippen LogP contribution in [0.4, 0.5) is 0 Å². The second-order valence-electron chi connectivity index (χ2n) is 8.47. The van der Waals surface area contributed by atoms with E-state index in [2.05, 4.69) is 0 Å². The number of carbonyl (C=O) groups excluding carboxylic acids is 3. The van der Waals surface area contributed by atoms with E-state index in [1.807, 2.05) is 37.3 Å². The number of Topliss-reactive ketones (excluding diaryl/α,β-unsaturated/α-hetero) is 2. The highest BCUT2D eigenvalue weighted by atomic mass is 16.5. The first-order valence-electron chi connectivity index (χ1n) is 11.0. The highest BCUT2D eigenvalue weighted by molar-refractivity contribution is 6.54. The van der Waals surface area contributed by atoms with Gasteiger partial charge in [-0.2, -0.15) is 0 Å². The fourth-order valence-electron chi connectivity index (χ4n) is 4.49. The summed E-state index contributed by atoms with van der Waals surface area (Å²) in [5.74, 6) is -1.81. The van der Waals surface area contributed by atoms with Crippen molar-refractivity contribution in [3.63, 3.8) is 0 Å². The number of benzene rings is 3. The minimum absolute atomic E-state index is 0.231. The molecule has 4 aromatic rings. The van der Waals surface area contributed by atoms with Gasteiger partial charge in [0.15, 0.2) is 0 Å². The van der Waals surface area contributed by atoms with Crippen molar-refractivity contribution in [2.45, 2.75) is 26.7 Å². The zero-order valence-electron chi connectivity index (χ0n) is 19.0. The van der Waals surface area contributed by atoms with Crippen molar-refractivity contribution in [2.75, 3.05) is 0 Å². The number of furan rings is 1. The Morgan fingerprint density at radius 3 is 2.26 bits per heavy atom. The number of fused-ring (bicyclic) bond motifs is 5. The van der Waals surface area contributed by atoms with Gasteiger partial charge in [-0.15, -0.1) is 0 Å². The van der Waals surface area contributed by atoms with Crippen LogP contribution in [0, 0.1) is 13.8 Å². The number of esters is 1. The van der Waals surface area contributed by atoms with Crippen LogP contribution < -0.4 is 4.74 Å². The van der Waals surface area contributed by atoms with Crippen LogP contribution in [0.2, 0.25) is 0 Å². The number of ether oxygens (including phenoxy) is 1. The van der Waals surface area contributed by atoms with Gasteiger partial charge in [0.2, 0.25) is 11.6 Å². The normalized spacial score (nSPS) is 12.4. The van der Waals surface area contributed by atoms with Gasteiger partial charge in [0.1, 0.15) is 17.3 Å². The summed E-state index contributed by atoms with van der Waals surface area (Å²) >= 11 is 0. The van der Waals surface area contributed by atoms with E-state index in [4.69, 9.17) is 14.3 Å². The Balaban J connectivity index is 1.54. The zero-order valence-corrected chi connectivity index (χ0v) is 19.0. The molecule has 1 aliphatic rings. The Morgan fingerprint density at radius 1 is 0.829 bits per heavy atom. The monoisotopic (exact) mass is 468 g/mol. The standard InChI is InChI=1S/C28H20O7/c1-14-4-3-5-19-18(14)10-11-20-24(19)26(33)25(32)23-15(2)27(35-28(20)23)16-6-8-17(9-7-16)34-22(31)13-12-21(29)30/h3-11H,12-13H2,1-2H3,(H,29,30). The van der Waals surface area contributed by atoms with Crippen molar-refractivity contribution in [1.82, 2.24) is 0 Å². The van der Waals surface area contributed by atoms with E-state index in [0.29, 0.717) is 33.8 Å². The first-order chi connectivity index (χ1) is 16.8. The van der Waals surface area contributed by atoms with Crippen LogP contribution in [0.1, 0.15) is 44.7 Å². The van der Waals surface area contributed by atoms with Crippen LogP contribution in [0.15, 0.2) is 59.0 Å². The maximum absolute atomic E-state index is 13.2. The van der Waals surface area contributed by atoms with Crippen LogP contribution in [-0.4, -0.2) is 28.6 Å². The number of aliphatic carboxylic acids is 1. The van der Waals surface area contributed by atoms with Crippen LogP contribution >= 0.6 is 0 Å². The average Bonchev–Trinajstić information content (AvgIpc) is 3.18. The molecule has 3 aromatic carbocycles. The summed E-state index contributed by atoms with van der Waals surface area (Å²) in [6, 6.07) is 15.9. The van der Waals surface area contributed by atoms with Crippen molar-refractivity contribution in [2.24, 2.45) is 0 Å². The lowest BCUT2D eigenvalue weighted by Gasteiger charge is -2.16. The van der Waals surface area contributed by atoms with E-state index >= 15 is 0 Å². The number of carboxylic acids is 1. The second-order valence-corrected chi connectivity index (χ2v) is 8.47. The fraction of sp³-hybridized carbons (Fsp3) is 0.143.